The molecule has 0 N–H and O–H groups in total. The summed E-state index contributed by atoms with van der Waals surface area (Å²) in [7, 11) is 1.70. The maximum atomic E-state index is 12.2. The molecule has 130 valence electrons. The highest BCUT2D eigenvalue weighted by atomic mass is 16.4. The van der Waals surface area contributed by atoms with E-state index in [1.807, 2.05) is 6.07 Å². The molecule has 2 heterocycles. The van der Waals surface area contributed by atoms with Gasteiger partial charge in [0.1, 0.15) is 0 Å². The number of aromatic nitrogens is 5. The molecule has 0 spiro atoms. The predicted molar refractivity (Wildman–Crippen MR) is 91.9 cm³/mol. The van der Waals surface area contributed by atoms with Crippen LogP contribution >= 0.6 is 0 Å². The Balaban J connectivity index is 1.38. The van der Waals surface area contributed by atoms with Gasteiger partial charge in [-0.25, -0.2) is 9.67 Å². The number of Topliss-reactive ketones (excluding diaryl/α,β-unsaturated/α-hetero) is 1. The molecule has 1 aromatic carbocycles. The van der Waals surface area contributed by atoms with Gasteiger partial charge in [-0.2, -0.15) is 0 Å². The predicted octanol–water partition coefficient (Wildman–Crippen LogP) is 3.24. The number of rotatable bonds is 9. The number of unbranched alkanes of at least 4 members (excludes halogenated alkanes) is 3. The van der Waals surface area contributed by atoms with Crippen molar-refractivity contribution in [2.24, 2.45) is 7.05 Å². The van der Waals surface area contributed by atoms with E-state index in [0.29, 0.717) is 18.0 Å². The van der Waals surface area contributed by atoms with Crippen LogP contribution in [-0.4, -0.2) is 31.0 Å². The molecule has 0 saturated carbocycles. The van der Waals surface area contributed by atoms with Gasteiger partial charge >= 0.3 is 0 Å². The topological polar surface area (TPSA) is 86.7 Å². The normalized spacial score (nSPS) is 10.9. The number of tetrazole rings is 1. The molecule has 0 bridgehead atoms. The van der Waals surface area contributed by atoms with Crippen LogP contribution < -0.4 is 0 Å². The van der Waals surface area contributed by atoms with E-state index in [4.69, 9.17) is 4.42 Å². The van der Waals surface area contributed by atoms with Gasteiger partial charge in [0.25, 0.3) is 5.89 Å². The number of oxazole rings is 1. The fourth-order valence-electron chi connectivity index (χ4n) is 2.66. The molecule has 7 heteroatoms. The second-order valence-electron chi connectivity index (χ2n) is 5.98. The quantitative estimate of drug-likeness (QED) is 0.439. The summed E-state index contributed by atoms with van der Waals surface area (Å²) in [6.07, 6.45) is 7.14. The lowest BCUT2D eigenvalue weighted by atomic mass is 10.0. The van der Waals surface area contributed by atoms with Crippen LogP contribution in [0.5, 0.6) is 0 Å². The first kappa shape index (κ1) is 17.0. The smallest absolute Gasteiger partial charge is 0.263 e. The number of benzene rings is 1. The number of ketones is 1. The lowest BCUT2D eigenvalue weighted by molar-refractivity contribution is 0.0946. The summed E-state index contributed by atoms with van der Waals surface area (Å²) in [5, 5.41) is 11.1. The third kappa shape index (κ3) is 4.59. The highest BCUT2D eigenvalue weighted by Crippen LogP contribution is 2.18. The van der Waals surface area contributed by atoms with Crippen molar-refractivity contribution in [1.82, 2.24) is 25.2 Å². The SMILES string of the molecule is Cn1nnnc1-c1cnc(C(=O)CCCCCCc2ccccc2)o1. The van der Waals surface area contributed by atoms with Crippen molar-refractivity contribution >= 4 is 5.78 Å². The Labute approximate surface area is 146 Å². The average Bonchev–Trinajstić information content (AvgIpc) is 3.27. The lowest BCUT2D eigenvalue weighted by Crippen LogP contribution is -1.99. The second-order valence-corrected chi connectivity index (χ2v) is 5.98. The van der Waals surface area contributed by atoms with Gasteiger partial charge in [-0.3, -0.25) is 4.79 Å². The molecule has 7 nitrogen and oxygen atoms in total. The Hall–Kier alpha value is -2.83. The molecule has 0 unspecified atom stereocenters. The van der Waals surface area contributed by atoms with Crippen molar-refractivity contribution in [3.05, 3.63) is 48.0 Å². The molecular weight excluding hydrogens is 318 g/mol. The van der Waals surface area contributed by atoms with Crippen LogP contribution in [0.25, 0.3) is 11.6 Å². The van der Waals surface area contributed by atoms with Crippen LogP contribution in [0.2, 0.25) is 0 Å². The maximum absolute atomic E-state index is 12.2. The fourth-order valence-corrected chi connectivity index (χ4v) is 2.66. The first-order valence-electron chi connectivity index (χ1n) is 8.50. The van der Waals surface area contributed by atoms with Crippen LogP contribution in [0.4, 0.5) is 0 Å². The van der Waals surface area contributed by atoms with Gasteiger partial charge in [0.05, 0.1) is 6.20 Å². The summed E-state index contributed by atoms with van der Waals surface area (Å²) < 4.78 is 6.96. The zero-order valence-corrected chi connectivity index (χ0v) is 14.3. The Morgan fingerprint density at radius 1 is 1.12 bits per heavy atom. The Kier molecular flexibility index (Phi) is 5.66. The van der Waals surface area contributed by atoms with Crippen molar-refractivity contribution in [3.8, 4) is 11.6 Å². The van der Waals surface area contributed by atoms with E-state index >= 15 is 0 Å². The molecule has 0 aliphatic rings. The van der Waals surface area contributed by atoms with Crippen LogP contribution in [0, 0.1) is 0 Å². The number of hydrogen-bond acceptors (Lipinski definition) is 6. The molecule has 0 saturated heterocycles. The molecule has 0 aliphatic carbocycles. The third-order valence-electron chi connectivity index (χ3n) is 4.05. The fraction of sp³-hybridized carbons (Fsp3) is 0.389. The van der Waals surface area contributed by atoms with Gasteiger partial charge in [0.15, 0.2) is 5.76 Å². The van der Waals surface area contributed by atoms with Gasteiger partial charge < -0.3 is 4.42 Å². The monoisotopic (exact) mass is 339 g/mol. The van der Waals surface area contributed by atoms with E-state index in [1.165, 1.54) is 16.4 Å². The average molecular weight is 339 g/mol. The molecule has 0 amide bonds. The van der Waals surface area contributed by atoms with Crippen molar-refractivity contribution in [2.75, 3.05) is 0 Å². The van der Waals surface area contributed by atoms with Gasteiger partial charge in [-0.05, 0) is 35.3 Å². The number of nitrogens with zero attached hydrogens (tertiary/aromatic N) is 5. The summed E-state index contributed by atoms with van der Waals surface area (Å²) in [4.78, 5) is 16.2. The summed E-state index contributed by atoms with van der Waals surface area (Å²) >= 11 is 0. The minimum Gasteiger partial charge on any atom is -0.430 e. The summed E-state index contributed by atoms with van der Waals surface area (Å²) in [6.45, 7) is 0. The second kappa shape index (κ2) is 8.32. The van der Waals surface area contributed by atoms with Gasteiger partial charge in [0, 0.05) is 13.5 Å². The van der Waals surface area contributed by atoms with Gasteiger partial charge in [0.2, 0.25) is 11.6 Å². The van der Waals surface area contributed by atoms with Crippen LogP contribution in [0.3, 0.4) is 0 Å². The van der Waals surface area contributed by atoms with E-state index < -0.39 is 0 Å². The minimum atomic E-state index is -0.0792. The van der Waals surface area contributed by atoms with E-state index in [-0.39, 0.29) is 11.7 Å². The standard InChI is InChI=1S/C18H21N5O2/c1-23-17(20-21-22-23)16-13-19-18(25-16)15(24)12-8-3-2-5-9-14-10-6-4-7-11-14/h4,6-7,10-11,13H,2-3,5,8-9,12H2,1H3. The first-order valence-corrected chi connectivity index (χ1v) is 8.50. The Morgan fingerprint density at radius 3 is 2.68 bits per heavy atom. The van der Waals surface area contributed by atoms with Crippen molar-refractivity contribution in [1.29, 1.82) is 0 Å². The third-order valence-corrected chi connectivity index (χ3v) is 4.05. The zero-order valence-electron chi connectivity index (χ0n) is 14.3. The van der Waals surface area contributed by atoms with Crippen molar-refractivity contribution < 1.29 is 9.21 Å². The van der Waals surface area contributed by atoms with Crippen LogP contribution in [-0.2, 0) is 13.5 Å². The summed E-state index contributed by atoms with van der Waals surface area (Å²) in [5.41, 5.74) is 1.36. The number of aryl methyl sites for hydroxylation is 2. The summed E-state index contributed by atoms with van der Waals surface area (Å²) in [6, 6.07) is 10.5. The van der Waals surface area contributed by atoms with Crippen LogP contribution in [0.15, 0.2) is 40.9 Å². The molecule has 0 atom stereocenters. The highest BCUT2D eigenvalue weighted by molar-refractivity contribution is 5.91. The molecule has 3 aromatic rings. The molecular formula is C18H21N5O2. The molecule has 3 rings (SSSR count). The van der Waals surface area contributed by atoms with Gasteiger partial charge in [-0.15, -0.1) is 5.10 Å². The Morgan fingerprint density at radius 2 is 1.92 bits per heavy atom. The van der Waals surface area contributed by atoms with E-state index in [0.717, 1.165) is 32.1 Å². The number of carbonyl (C=O) groups excluding carboxylic acids is 1. The Bertz CT molecular complexity index is 810. The zero-order chi connectivity index (χ0) is 17.5. The van der Waals surface area contributed by atoms with E-state index in [2.05, 4.69) is 44.8 Å². The van der Waals surface area contributed by atoms with Crippen molar-refractivity contribution in [2.45, 2.75) is 38.5 Å². The number of hydrogen-bond donors (Lipinski definition) is 0. The number of carbonyl (C=O) groups is 1. The maximum Gasteiger partial charge on any atom is 0.263 e. The molecule has 0 fully saturated rings. The lowest BCUT2D eigenvalue weighted by Gasteiger charge is -2.01. The van der Waals surface area contributed by atoms with Gasteiger partial charge in [-0.1, -0.05) is 43.2 Å². The van der Waals surface area contributed by atoms with Crippen molar-refractivity contribution in [3.63, 3.8) is 0 Å². The van der Waals surface area contributed by atoms with E-state index in [9.17, 15) is 4.79 Å². The highest BCUT2D eigenvalue weighted by Gasteiger charge is 2.16. The molecule has 0 radical (unpaired) electrons. The molecule has 2 aromatic heterocycles. The largest absolute Gasteiger partial charge is 0.430 e. The van der Waals surface area contributed by atoms with Crippen LogP contribution in [0.1, 0.15) is 48.4 Å². The first-order chi connectivity index (χ1) is 12.2. The molecule has 0 aliphatic heterocycles. The van der Waals surface area contributed by atoms with E-state index in [1.54, 1.807) is 7.05 Å². The minimum absolute atomic E-state index is 0.0792. The summed E-state index contributed by atoms with van der Waals surface area (Å²) in [5.74, 6) is 0.901. The molecule has 25 heavy (non-hydrogen) atoms.